The first-order valence-corrected chi connectivity index (χ1v) is 9.68. The van der Waals surface area contributed by atoms with Crippen molar-refractivity contribution in [3.63, 3.8) is 0 Å². The number of aromatic amines is 1. The first-order chi connectivity index (χ1) is 12.6. The van der Waals surface area contributed by atoms with Gasteiger partial charge in [0.15, 0.2) is 12.4 Å². The van der Waals surface area contributed by atoms with Crippen molar-refractivity contribution in [2.45, 2.75) is 66.9 Å². The quantitative estimate of drug-likeness (QED) is 0.598. The summed E-state index contributed by atoms with van der Waals surface area (Å²) in [5, 5.41) is 0. The summed E-state index contributed by atoms with van der Waals surface area (Å²) in [6.07, 6.45) is 2.92. The summed E-state index contributed by atoms with van der Waals surface area (Å²) < 4.78 is 10.8. The lowest BCUT2D eigenvalue weighted by Crippen LogP contribution is -2.36. The molecule has 0 radical (unpaired) electrons. The Bertz CT molecular complexity index is 718. The number of ether oxygens (including phenoxy) is 2. The summed E-state index contributed by atoms with van der Waals surface area (Å²) in [7, 11) is 0. The maximum atomic E-state index is 12.3. The number of carbonyl (C=O) groups is 3. The second-order valence-corrected chi connectivity index (χ2v) is 8.11. The molecule has 0 aromatic carbocycles. The number of hydrogen-bond acceptors (Lipinski definition) is 5. The molecule has 0 saturated heterocycles. The maximum Gasteiger partial charge on any atom is 0.355 e. The Morgan fingerprint density at radius 1 is 1.19 bits per heavy atom. The van der Waals surface area contributed by atoms with Crippen LogP contribution < -0.4 is 0 Å². The van der Waals surface area contributed by atoms with E-state index in [9.17, 15) is 14.4 Å². The van der Waals surface area contributed by atoms with E-state index in [0.29, 0.717) is 34.6 Å². The van der Waals surface area contributed by atoms with Gasteiger partial charge in [-0.3, -0.25) is 4.79 Å². The molecule has 0 amide bonds. The number of rotatable bonds is 6. The van der Waals surface area contributed by atoms with E-state index in [-0.39, 0.29) is 17.6 Å². The van der Waals surface area contributed by atoms with Crippen LogP contribution in [0, 0.1) is 31.6 Å². The van der Waals surface area contributed by atoms with Crippen LogP contribution in [0.5, 0.6) is 0 Å². The fourth-order valence-electron chi connectivity index (χ4n) is 4.13. The molecule has 1 heterocycles. The van der Waals surface area contributed by atoms with Crippen LogP contribution in [0.15, 0.2) is 0 Å². The van der Waals surface area contributed by atoms with Crippen molar-refractivity contribution in [1.29, 1.82) is 0 Å². The SMILES string of the molecule is CC(=O)c1c(C)[nH]c(C(=O)OCC(=O)O[C@@H]2C[C@@H](C)CC[C@@H]2C(C)C)c1C. The number of H-pyrrole nitrogens is 1. The fourth-order valence-corrected chi connectivity index (χ4v) is 4.13. The van der Waals surface area contributed by atoms with Crippen molar-refractivity contribution in [2.24, 2.45) is 17.8 Å². The zero-order chi connectivity index (χ0) is 20.3. The van der Waals surface area contributed by atoms with Crippen LogP contribution in [0.2, 0.25) is 0 Å². The van der Waals surface area contributed by atoms with Crippen molar-refractivity contribution in [2.75, 3.05) is 6.61 Å². The van der Waals surface area contributed by atoms with Crippen LogP contribution in [-0.4, -0.2) is 35.4 Å². The fraction of sp³-hybridized carbons (Fsp3) is 0.667. The first kappa shape index (κ1) is 21.2. The molecular weight excluding hydrogens is 346 g/mol. The summed E-state index contributed by atoms with van der Waals surface area (Å²) in [6.45, 7) is 10.9. The van der Waals surface area contributed by atoms with Gasteiger partial charge in [-0.25, -0.2) is 9.59 Å². The van der Waals surface area contributed by atoms with Crippen molar-refractivity contribution in [3.8, 4) is 0 Å². The van der Waals surface area contributed by atoms with Crippen molar-refractivity contribution in [1.82, 2.24) is 4.98 Å². The lowest BCUT2D eigenvalue weighted by atomic mass is 9.75. The Labute approximate surface area is 161 Å². The molecule has 0 aliphatic heterocycles. The van der Waals surface area contributed by atoms with Gasteiger partial charge in [0.1, 0.15) is 11.8 Å². The van der Waals surface area contributed by atoms with Gasteiger partial charge in [-0.1, -0.05) is 27.2 Å². The first-order valence-electron chi connectivity index (χ1n) is 9.68. The minimum absolute atomic E-state index is 0.120. The monoisotopic (exact) mass is 377 g/mol. The molecule has 2 rings (SSSR count). The number of esters is 2. The van der Waals surface area contributed by atoms with Gasteiger partial charge >= 0.3 is 11.9 Å². The molecule has 0 unspecified atom stereocenters. The summed E-state index contributed by atoms with van der Waals surface area (Å²) >= 11 is 0. The molecule has 6 heteroatoms. The third-order valence-electron chi connectivity index (χ3n) is 5.56. The number of carbonyl (C=O) groups excluding carboxylic acids is 3. The van der Waals surface area contributed by atoms with Gasteiger partial charge in [0.2, 0.25) is 0 Å². The zero-order valence-electron chi connectivity index (χ0n) is 17.2. The second-order valence-electron chi connectivity index (χ2n) is 8.11. The van der Waals surface area contributed by atoms with Gasteiger partial charge in [0.25, 0.3) is 0 Å². The van der Waals surface area contributed by atoms with E-state index in [1.807, 2.05) is 0 Å². The molecule has 1 aliphatic carbocycles. The third kappa shape index (κ3) is 4.99. The average molecular weight is 377 g/mol. The number of Topliss-reactive ketones (excluding diaryl/α,β-unsaturated/α-hetero) is 1. The molecule has 27 heavy (non-hydrogen) atoms. The minimum Gasteiger partial charge on any atom is -0.460 e. The Balaban J connectivity index is 1.96. The zero-order valence-corrected chi connectivity index (χ0v) is 17.2. The van der Waals surface area contributed by atoms with Crippen LogP contribution in [0.1, 0.15) is 79.1 Å². The Morgan fingerprint density at radius 3 is 2.41 bits per heavy atom. The number of aromatic nitrogens is 1. The molecule has 1 aromatic heterocycles. The summed E-state index contributed by atoms with van der Waals surface area (Å²) in [6, 6.07) is 0. The van der Waals surface area contributed by atoms with E-state index in [1.54, 1.807) is 13.8 Å². The Hall–Kier alpha value is -2.11. The van der Waals surface area contributed by atoms with Crippen molar-refractivity contribution < 1.29 is 23.9 Å². The predicted octanol–water partition coefficient (Wildman–Crippen LogP) is 3.99. The van der Waals surface area contributed by atoms with Gasteiger partial charge in [-0.15, -0.1) is 0 Å². The van der Waals surface area contributed by atoms with E-state index in [2.05, 4.69) is 25.8 Å². The highest BCUT2D eigenvalue weighted by Crippen LogP contribution is 2.35. The Kier molecular flexibility index (Phi) is 6.84. The summed E-state index contributed by atoms with van der Waals surface area (Å²) in [5.74, 6) is -0.00119. The predicted molar refractivity (Wildman–Crippen MR) is 102 cm³/mol. The Morgan fingerprint density at radius 2 is 1.85 bits per heavy atom. The lowest BCUT2D eigenvalue weighted by Gasteiger charge is -2.36. The van der Waals surface area contributed by atoms with Crippen molar-refractivity contribution >= 4 is 17.7 Å². The number of aryl methyl sites for hydroxylation is 1. The van der Waals surface area contributed by atoms with Crippen molar-refractivity contribution in [3.05, 3.63) is 22.5 Å². The van der Waals surface area contributed by atoms with E-state index < -0.39 is 18.5 Å². The highest BCUT2D eigenvalue weighted by atomic mass is 16.6. The van der Waals surface area contributed by atoms with E-state index in [1.165, 1.54) is 6.92 Å². The van der Waals surface area contributed by atoms with E-state index in [0.717, 1.165) is 19.3 Å². The molecule has 0 bridgehead atoms. The summed E-state index contributed by atoms with van der Waals surface area (Å²) in [5.41, 5.74) is 1.85. The van der Waals surface area contributed by atoms with Crippen LogP contribution >= 0.6 is 0 Å². The molecule has 6 nitrogen and oxygen atoms in total. The van der Waals surface area contributed by atoms with Crippen LogP contribution in [0.4, 0.5) is 0 Å². The maximum absolute atomic E-state index is 12.3. The standard InChI is InChI=1S/C21H31NO5/c1-11(2)16-8-7-12(3)9-17(16)27-18(24)10-26-21(25)20-13(4)19(15(6)23)14(5)22-20/h11-12,16-17,22H,7-10H2,1-6H3/t12-,16+,17+/m0/s1. The third-order valence-corrected chi connectivity index (χ3v) is 5.56. The number of ketones is 1. The minimum atomic E-state index is -0.655. The van der Waals surface area contributed by atoms with E-state index >= 15 is 0 Å². The highest BCUT2D eigenvalue weighted by Gasteiger charge is 2.33. The lowest BCUT2D eigenvalue weighted by molar-refractivity contribution is -0.159. The van der Waals surface area contributed by atoms with Gasteiger partial charge in [-0.05, 0) is 56.9 Å². The van der Waals surface area contributed by atoms with E-state index in [4.69, 9.17) is 9.47 Å². The molecule has 1 aliphatic rings. The normalized spacial score (nSPS) is 22.6. The van der Waals surface area contributed by atoms with Crippen LogP contribution in [0.25, 0.3) is 0 Å². The van der Waals surface area contributed by atoms with Gasteiger partial charge in [-0.2, -0.15) is 0 Å². The molecule has 1 aromatic rings. The molecule has 3 atom stereocenters. The molecule has 150 valence electrons. The molecule has 1 N–H and O–H groups in total. The second kappa shape index (κ2) is 8.72. The molecule has 1 saturated carbocycles. The van der Waals surface area contributed by atoms with Gasteiger partial charge in [0.05, 0.1) is 0 Å². The highest BCUT2D eigenvalue weighted by molar-refractivity contribution is 6.01. The average Bonchev–Trinajstić information content (AvgIpc) is 2.87. The molecule has 0 spiro atoms. The largest absolute Gasteiger partial charge is 0.460 e. The molecule has 1 fully saturated rings. The summed E-state index contributed by atoms with van der Waals surface area (Å²) in [4.78, 5) is 39.1. The smallest absolute Gasteiger partial charge is 0.355 e. The number of hydrogen-bond donors (Lipinski definition) is 1. The number of nitrogens with one attached hydrogen (secondary N) is 1. The van der Waals surface area contributed by atoms with Crippen LogP contribution in [-0.2, 0) is 14.3 Å². The topological polar surface area (TPSA) is 85.5 Å². The van der Waals surface area contributed by atoms with Gasteiger partial charge in [0, 0.05) is 11.3 Å². The van der Waals surface area contributed by atoms with Gasteiger partial charge < -0.3 is 14.5 Å². The van der Waals surface area contributed by atoms with Crippen LogP contribution in [0.3, 0.4) is 0 Å². The molecular formula is C21H31NO5.